The van der Waals surface area contributed by atoms with E-state index in [0.717, 1.165) is 39.7 Å². The topological polar surface area (TPSA) is 49.9 Å². The van der Waals surface area contributed by atoms with E-state index in [1.165, 1.54) is 4.90 Å². The van der Waals surface area contributed by atoms with Gasteiger partial charge in [-0.1, -0.05) is 12.1 Å². The van der Waals surface area contributed by atoms with Crippen molar-refractivity contribution < 1.29 is 18.8 Å². The molecule has 0 bridgehead atoms. The van der Waals surface area contributed by atoms with Gasteiger partial charge in [-0.3, -0.25) is 9.59 Å². The molecule has 0 spiro atoms. The molecule has 0 saturated heterocycles. The summed E-state index contributed by atoms with van der Waals surface area (Å²) < 4.78 is 6.02. The number of methoxy groups -OCH3 is 1. The molecule has 0 atom stereocenters. The van der Waals surface area contributed by atoms with Crippen LogP contribution in [0.1, 0.15) is 26.3 Å². The Labute approximate surface area is 175 Å². The molecule has 2 amide bonds. The van der Waals surface area contributed by atoms with E-state index in [9.17, 15) is 9.59 Å². The zero-order valence-electron chi connectivity index (χ0n) is 17.6. The molecule has 6 heteroatoms. The van der Waals surface area contributed by atoms with Crippen molar-refractivity contribution in [2.45, 2.75) is 6.54 Å². The number of benzene rings is 3. The highest BCUT2D eigenvalue weighted by molar-refractivity contribution is 6.36. The molecule has 5 rings (SSSR count). The Morgan fingerprint density at radius 1 is 0.967 bits per heavy atom. The third kappa shape index (κ3) is 2.60. The fraction of sp³-hybridized carbons (Fsp3) is 0.250. The monoisotopic (exact) mass is 402 g/mol. The van der Waals surface area contributed by atoms with E-state index in [1.54, 1.807) is 31.4 Å². The molecule has 2 aliphatic rings. The van der Waals surface area contributed by atoms with Crippen molar-refractivity contribution in [2.24, 2.45) is 0 Å². The number of hydrogen-bond acceptors (Lipinski definition) is 4. The SMILES string of the molecule is COc1ccc(N2C(=O)c3cccc4c5c(cc(c34)C2=O)C[N+](C)(C)CN5C)cc1. The summed E-state index contributed by atoms with van der Waals surface area (Å²) in [6, 6.07) is 14.7. The van der Waals surface area contributed by atoms with Gasteiger partial charge in [-0.05, 0) is 36.4 Å². The van der Waals surface area contributed by atoms with Crippen LogP contribution >= 0.6 is 0 Å². The molecule has 30 heavy (non-hydrogen) atoms. The third-order valence-corrected chi connectivity index (χ3v) is 5.98. The number of carbonyl (C=O) groups excluding carboxylic acids is 2. The molecule has 3 aromatic rings. The van der Waals surface area contributed by atoms with Crippen LogP contribution < -0.4 is 14.5 Å². The Bertz CT molecular complexity index is 1210. The molecular weight excluding hydrogens is 378 g/mol. The van der Waals surface area contributed by atoms with Gasteiger partial charge in [0, 0.05) is 34.5 Å². The maximum atomic E-state index is 13.6. The summed E-state index contributed by atoms with van der Waals surface area (Å²) in [5, 5.41) is 1.73. The first-order valence-corrected chi connectivity index (χ1v) is 9.95. The summed E-state index contributed by atoms with van der Waals surface area (Å²) in [6.07, 6.45) is 0. The van der Waals surface area contributed by atoms with E-state index >= 15 is 0 Å². The highest BCUT2D eigenvalue weighted by Gasteiger charge is 2.38. The molecule has 0 N–H and O–H groups in total. The standard InChI is InChI=1S/C24H24N3O3/c1-25-14-27(2,3)13-15-12-20-21-18(22(15)25)6-5-7-19(21)23(28)26(24(20)29)16-8-10-17(30-4)11-9-16/h5-12H,13-14H2,1-4H3/q+1. The maximum Gasteiger partial charge on any atom is 0.266 e. The van der Waals surface area contributed by atoms with Crippen LogP contribution in [0.3, 0.4) is 0 Å². The van der Waals surface area contributed by atoms with E-state index in [4.69, 9.17) is 4.74 Å². The molecule has 152 valence electrons. The predicted octanol–water partition coefficient (Wildman–Crippen LogP) is 3.63. The summed E-state index contributed by atoms with van der Waals surface area (Å²) in [5.41, 5.74) is 3.94. The van der Waals surface area contributed by atoms with Crippen LogP contribution in [0.5, 0.6) is 5.75 Å². The zero-order valence-corrected chi connectivity index (χ0v) is 17.6. The fourth-order valence-corrected chi connectivity index (χ4v) is 4.90. The van der Waals surface area contributed by atoms with Crippen molar-refractivity contribution in [3.05, 3.63) is 65.2 Å². The average molecular weight is 402 g/mol. The molecule has 0 saturated carbocycles. The molecule has 6 nitrogen and oxygen atoms in total. The minimum atomic E-state index is -0.294. The van der Waals surface area contributed by atoms with Gasteiger partial charge in [0.25, 0.3) is 11.8 Å². The lowest BCUT2D eigenvalue weighted by Crippen LogP contribution is -2.50. The molecule has 2 aliphatic heterocycles. The number of amides is 2. The highest BCUT2D eigenvalue weighted by Crippen LogP contribution is 2.42. The predicted molar refractivity (Wildman–Crippen MR) is 117 cm³/mol. The molecule has 0 aromatic heterocycles. The second-order valence-corrected chi connectivity index (χ2v) is 8.74. The van der Waals surface area contributed by atoms with Crippen LogP contribution in [-0.4, -0.2) is 51.2 Å². The molecule has 0 unspecified atom stereocenters. The summed E-state index contributed by atoms with van der Waals surface area (Å²) in [7, 11) is 8.02. The van der Waals surface area contributed by atoms with Crippen LogP contribution in [0, 0.1) is 0 Å². The van der Waals surface area contributed by atoms with Crippen molar-refractivity contribution in [3.63, 3.8) is 0 Å². The summed E-state index contributed by atoms with van der Waals surface area (Å²) in [4.78, 5) is 30.4. The second kappa shape index (κ2) is 6.31. The second-order valence-electron chi connectivity index (χ2n) is 8.74. The minimum absolute atomic E-state index is 0.282. The van der Waals surface area contributed by atoms with Crippen molar-refractivity contribution in [1.82, 2.24) is 0 Å². The lowest BCUT2D eigenvalue weighted by atomic mass is 9.89. The van der Waals surface area contributed by atoms with Gasteiger partial charge in [0.2, 0.25) is 0 Å². The number of nitrogens with zero attached hydrogens (tertiary/aromatic N) is 3. The average Bonchev–Trinajstić information content (AvgIpc) is 2.71. The van der Waals surface area contributed by atoms with Gasteiger partial charge in [0.1, 0.15) is 12.3 Å². The van der Waals surface area contributed by atoms with Crippen LogP contribution in [0.2, 0.25) is 0 Å². The third-order valence-electron chi connectivity index (χ3n) is 5.98. The van der Waals surface area contributed by atoms with Gasteiger partial charge in [0.05, 0.1) is 32.6 Å². The minimum Gasteiger partial charge on any atom is -0.497 e. The highest BCUT2D eigenvalue weighted by atomic mass is 16.5. The van der Waals surface area contributed by atoms with Gasteiger partial charge in [-0.2, -0.15) is 0 Å². The summed E-state index contributed by atoms with van der Waals surface area (Å²) in [5.74, 6) is 0.100. The molecule has 3 aromatic carbocycles. The van der Waals surface area contributed by atoms with Crippen LogP contribution in [0.15, 0.2) is 48.5 Å². The Morgan fingerprint density at radius 3 is 2.37 bits per heavy atom. The van der Waals surface area contributed by atoms with Crippen molar-refractivity contribution in [3.8, 4) is 5.75 Å². The quantitative estimate of drug-likeness (QED) is 0.485. The lowest BCUT2D eigenvalue weighted by molar-refractivity contribution is -0.904. The summed E-state index contributed by atoms with van der Waals surface area (Å²) >= 11 is 0. The van der Waals surface area contributed by atoms with Gasteiger partial charge in [-0.25, -0.2) is 4.90 Å². The van der Waals surface area contributed by atoms with Crippen LogP contribution in [-0.2, 0) is 6.54 Å². The first-order valence-electron chi connectivity index (χ1n) is 9.95. The molecule has 0 fully saturated rings. The lowest BCUT2D eigenvalue weighted by Gasteiger charge is -2.41. The van der Waals surface area contributed by atoms with Crippen LogP contribution in [0.25, 0.3) is 10.8 Å². The van der Waals surface area contributed by atoms with Crippen LogP contribution in [0.4, 0.5) is 11.4 Å². The van der Waals surface area contributed by atoms with Gasteiger partial charge < -0.3 is 14.1 Å². The van der Waals surface area contributed by atoms with E-state index in [0.29, 0.717) is 22.6 Å². The number of hydrogen-bond donors (Lipinski definition) is 0. The molecule has 0 radical (unpaired) electrons. The van der Waals surface area contributed by atoms with E-state index < -0.39 is 0 Å². The number of ether oxygens (including phenoxy) is 1. The largest absolute Gasteiger partial charge is 0.497 e. The number of carbonyl (C=O) groups is 2. The number of imide groups is 1. The molecular formula is C24H24N3O3+. The van der Waals surface area contributed by atoms with Crippen molar-refractivity contribution >= 4 is 34.0 Å². The number of quaternary nitrogens is 1. The fourth-order valence-electron chi connectivity index (χ4n) is 4.90. The number of anilines is 2. The Kier molecular flexibility index (Phi) is 3.92. The molecule has 2 heterocycles. The zero-order chi connectivity index (χ0) is 21.2. The number of rotatable bonds is 2. The molecule has 0 aliphatic carbocycles. The van der Waals surface area contributed by atoms with Gasteiger partial charge in [-0.15, -0.1) is 0 Å². The van der Waals surface area contributed by atoms with E-state index in [1.807, 2.05) is 24.3 Å². The van der Waals surface area contributed by atoms with E-state index in [-0.39, 0.29) is 11.8 Å². The van der Waals surface area contributed by atoms with Crippen molar-refractivity contribution in [1.29, 1.82) is 0 Å². The maximum absolute atomic E-state index is 13.6. The normalized spacial score (nSPS) is 17.3. The first-order chi connectivity index (χ1) is 14.3. The Hall–Kier alpha value is -3.38. The smallest absolute Gasteiger partial charge is 0.266 e. The van der Waals surface area contributed by atoms with Gasteiger partial charge >= 0.3 is 0 Å². The van der Waals surface area contributed by atoms with E-state index in [2.05, 4.69) is 26.0 Å². The number of fused-ring (bicyclic) bond motifs is 2. The first kappa shape index (κ1) is 18.6. The Morgan fingerprint density at radius 2 is 1.67 bits per heavy atom. The van der Waals surface area contributed by atoms with Gasteiger partial charge in [0.15, 0.2) is 6.67 Å². The summed E-state index contributed by atoms with van der Waals surface area (Å²) in [6.45, 7) is 1.70. The van der Waals surface area contributed by atoms with Crippen molar-refractivity contribution in [2.75, 3.05) is 44.7 Å². The Balaban J connectivity index is 1.74.